The quantitative estimate of drug-likeness (QED) is 0.0199. The lowest BCUT2D eigenvalue weighted by molar-refractivity contribution is -0.167. The molecule has 0 aliphatic heterocycles. The molecule has 6 heteroatoms. The highest BCUT2D eigenvalue weighted by atomic mass is 16.6. The van der Waals surface area contributed by atoms with Crippen LogP contribution in [-0.4, -0.2) is 37.2 Å². The summed E-state index contributed by atoms with van der Waals surface area (Å²) in [7, 11) is 0. The molecule has 70 heavy (non-hydrogen) atoms. The standard InChI is InChI=1S/C64H98O6/c1-4-7-10-13-16-19-22-25-28-31-32-34-36-39-42-45-48-51-54-57-63(66)69-60-61(59-68-62(65)56-53-50-47-44-41-38-35-30-27-24-21-18-15-12-9-6-3)70-64(67)58-55-52-49-46-43-40-37-33-29-26-23-20-17-14-11-8-5-2/h7,9-10,12-13,16-22,25-32,34,36,38-39,41-42,61H,4-6,8,11,14-15,23-24,33,35,37,40,43-60H2,1-3H3/b10-7-,12-9-,16-13-,20-17-,21-18-,22-19-,28-25-,29-26-,30-27-,32-31+,36-34-,41-38-,42-39-. The molecule has 0 heterocycles. The second-order valence-corrected chi connectivity index (χ2v) is 17.6. The molecular formula is C64H98O6. The minimum Gasteiger partial charge on any atom is -0.462 e. The van der Waals surface area contributed by atoms with Gasteiger partial charge in [-0.1, -0.05) is 237 Å². The van der Waals surface area contributed by atoms with Crippen LogP contribution in [0.2, 0.25) is 0 Å². The van der Waals surface area contributed by atoms with E-state index in [0.717, 1.165) is 116 Å². The third kappa shape index (κ3) is 54.0. The molecule has 0 radical (unpaired) electrons. The van der Waals surface area contributed by atoms with E-state index in [1.807, 2.05) is 72.9 Å². The average Bonchev–Trinajstić information content (AvgIpc) is 3.36. The monoisotopic (exact) mass is 963 g/mol. The van der Waals surface area contributed by atoms with Crippen LogP contribution in [0.15, 0.2) is 158 Å². The lowest BCUT2D eigenvalue weighted by Gasteiger charge is -2.18. The summed E-state index contributed by atoms with van der Waals surface area (Å²) in [6.45, 7) is 6.26. The maximum atomic E-state index is 12.9. The van der Waals surface area contributed by atoms with E-state index in [0.29, 0.717) is 19.3 Å². The Kier molecular flexibility index (Phi) is 52.6. The second kappa shape index (κ2) is 56.6. The summed E-state index contributed by atoms with van der Waals surface area (Å²) in [5.74, 6) is -1.01. The Morgan fingerprint density at radius 1 is 0.314 bits per heavy atom. The Balaban J connectivity index is 4.60. The third-order valence-corrected chi connectivity index (χ3v) is 10.9. The predicted octanol–water partition coefficient (Wildman–Crippen LogP) is 18.6. The summed E-state index contributed by atoms with van der Waals surface area (Å²) in [5.41, 5.74) is 0. The number of esters is 3. The molecule has 0 aliphatic carbocycles. The zero-order chi connectivity index (χ0) is 50.7. The first-order valence-corrected chi connectivity index (χ1v) is 27.6. The number of ether oxygens (including phenoxy) is 3. The van der Waals surface area contributed by atoms with Gasteiger partial charge in [0.1, 0.15) is 13.2 Å². The van der Waals surface area contributed by atoms with Crippen molar-refractivity contribution in [2.45, 2.75) is 213 Å². The minimum atomic E-state index is -0.823. The van der Waals surface area contributed by atoms with Crippen molar-refractivity contribution in [3.63, 3.8) is 0 Å². The van der Waals surface area contributed by atoms with Gasteiger partial charge in [0.2, 0.25) is 0 Å². The Morgan fingerprint density at radius 2 is 0.629 bits per heavy atom. The fraction of sp³-hybridized carbons (Fsp3) is 0.547. The first-order valence-electron chi connectivity index (χ1n) is 27.6. The van der Waals surface area contributed by atoms with Crippen molar-refractivity contribution >= 4 is 17.9 Å². The van der Waals surface area contributed by atoms with E-state index in [2.05, 4.69) is 106 Å². The zero-order valence-corrected chi connectivity index (χ0v) is 44.5. The zero-order valence-electron chi connectivity index (χ0n) is 44.5. The number of carbonyl (C=O) groups is 3. The molecule has 0 N–H and O–H groups in total. The van der Waals surface area contributed by atoms with Crippen LogP contribution in [0.4, 0.5) is 0 Å². The molecule has 0 bridgehead atoms. The van der Waals surface area contributed by atoms with Crippen LogP contribution in [0.5, 0.6) is 0 Å². The van der Waals surface area contributed by atoms with Crippen LogP contribution < -0.4 is 0 Å². The number of carbonyl (C=O) groups excluding carboxylic acids is 3. The van der Waals surface area contributed by atoms with Gasteiger partial charge in [0.25, 0.3) is 0 Å². The van der Waals surface area contributed by atoms with Crippen molar-refractivity contribution in [2.24, 2.45) is 0 Å². The lowest BCUT2D eigenvalue weighted by Crippen LogP contribution is -2.30. The largest absolute Gasteiger partial charge is 0.462 e. The molecule has 1 atom stereocenters. The van der Waals surface area contributed by atoms with Crippen molar-refractivity contribution in [1.29, 1.82) is 0 Å². The van der Waals surface area contributed by atoms with Gasteiger partial charge in [0.05, 0.1) is 0 Å². The Labute approximate surface area is 429 Å². The van der Waals surface area contributed by atoms with Gasteiger partial charge in [-0.05, 0) is 109 Å². The first-order chi connectivity index (χ1) is 34.5. The summed E-state index contributed by atoms with van der Waals surface area (Å²) in [5, 5.41) is 0. The average molecular weight is 963 g/mol. The molecule has 0 aromatic heterocycles. The summed E-state index contributed by atoms with van der Waals surface area (Å²) < 4.78 is 16.8. The van der Waals surface area contributed by atoms with E-state index < -0.39 is 6.10 Å². The van der Waals surface area contributed by atoms with E-state index in [-0.39, 0.29) is 37.5 Å². The van der Waals surface area contributed by atoms with Gasteiger partial charge in [0, 0.05) is 19.3 Å². The van der Waals surface area contributed by atoms with Crippen LogP contribution in [0, 0.1) is 0 Å². The number of unbranched alkanes of at least 4 members (excludes halogenated alkanes) is 16. The maximum Gasteiger partial charge on any atom is 0.306 e. The first kappa shape index (κ1) is 65.0. The lowest BCUT2D eigenvalue weighted by atomic mass is 10.1. The highest BCUT2D eigenvalue weighted by Gasteiger charge is 2.19. The molecule has 1 unspecified atom stereocenters. The maximum absolute atomic E-state index is 12.9. The van der Waals surface area contributed by atoms with Crippen molar-refractivity contribution in [1.82, 2.24) is 0 Å². The van der Waals surface area contributed by atoms with Gasteiger partial charge < -0.3 is 14.2 Å². The molecule has 0 amide bonds. The second-order valence-electron chi connectivity index (χ2n) is 17.6. The van der Waals surface area contributed by atoms with Crippen molar-refractivity contribution in [3.05, 3.63) is 158 Å². The van der Waals surface area contributed by atoms with E-state index in [1.54, 1.807) is 0 Å². The summed E-state index contributed by atoms with van der Waals surface area (Å²) in [4.78, 5) is 38.1. The Bertz CT molecular complexity index is 1620. The predicted molar refractivity (Wildman–Crippen MR) is 302 cm³/mol. The minimum absolute atomic E-state index is 0.120. The molecule has 6 nitrogen and oxygen atoms in total. The van der Waals surface area contributed by atoms with Gasteiger partial charge in [-0.25, -0.2) is 0 Å². The molecule has 390 valence electrons. The summed E-state index contributed by atoms with van der Waals surface area (Å²) in [6.07, 6.45) is 82.2. The van der Waals surface area contributed by atoms with E-state index in [1.165, 1.54) is 44.9 Å². The van der Waals surface area contributed by atoms with Gasteiger partial charge in [-0.15, -0.1) is 0 Å². The normalized spacial score (nSPS) is 13.4. The highest BCUT2D eigenvalue weighted by Crippen LogP contribution is 2.13. The summed E-state index contributed by atoms with van der Waals surface area (Å²) in [6, 6.07) is 0. The smallest absolute Gasteiger partial charge is 0.306 e. The van der Waals surface area contributed by atoms with Gasteiger partial charge >= 0.3 is 17.9 Å². The van der Waals surface area contributed by atoms with E-state index in [9.17, 15) is 14.4 Å². The fourth-order valence-corrected chi connectivity index (χ4v) is 6.86. The topological polar surface area (TPSA) is 78.9 Å². The van der Waals surface area contributed by atoms with Crippen LogP contribution >= 0.6 is 0 Å². The van der Waals surface area contributed by atoms with Crippen molar-refractivity contribution in [3.8, 4) is 0 Å². The Morgan fingerprint density at radius 3 is 1.06 bits per heavy atom. The van der Waals surface area contributed by atoms with Crippen LogP contribution in [0.1, 0.15) is 207 Å². The number of hydrogen-bond donors (Lipinski definition) is 0. The summed E-state index contributed by atoms with van der Waals surface area (Å²) >= 11 is 0. The van der Waals surface area contributed by atoms with Gasteiger partial charge in [-0.2, -0.15) is 0 Å². The van der Waals surface area contributed by atoms with Gasteiger partial charge in [0.15, 0.2) is 6.10 Å². The Hall–Kier alpha value is -4.97. The van der Waals surface area contributed by atoms with E-state index >= 15 is 0 Å². The van der Waals surface area contributed by atoms with Gasteiger partial charge in [-0.3, -0.25) is 14.4 Å². The molecule has 0 saturated carbocycles. The molecule has 0 fully saturated rings. The molecule has 0 aromatic rings. The number of hydrogen-bond acceptors (Lipinski definition) is 6. The molecule has 0 aromatic carbocycles. The fourth-order valence-electron chi connectivity index (χ4n) is 6.86. The number of rotatable bonds is 47. The molecule has 0 aliphatic rings. The molecule has 0 spiro atoms. The van der Waals surface area contributed by atoms with Crippen LogP contribution in [-0.2, 0) is 28.6 Å². The van der Waals surface area contributed by atoms with Crippen molar-refractivity contribution in [2.75, 3.05) is 13.2 Å². The molecule has 0 rings (SSSR count). The van der Waals surface area contributed by atoms with E-state index in [4.69, 9.17) is 14.2 Å². The SMILES string of the molecule is CC\C=C/C=C\C=C/C=C\C=C\C=C/C=C\CCCCCC(=O)OCC(COC(=O)CCCCC/C=C\C/C=C\C/C=C\C/C=C\CC)OC(=O)CCCCCCCCC/C=C\C/C=C\CCCCC. The molecule has 0 saturated heterocycles. The van der Waals surface area contributed by atoms with Crippen molar-refractivity contribution < 1.29 is 28.6 Å². The van der Waals surface area contributed by atoms with Crippen LogP contribution in [0.3, 0.4) is 0 Å². The third-order valence-electron chi connectivity index (χ3n) is 10.9. The number of allylic oxidation sites excluding steroid dienone is 26. The molecular weight excluding hydrogens is 865 g/mol. The highest BCUT2D eigenvalue weighted by molar-refractivity contribution is 5.71. The van der Waals surface area contributed by atoms with Crippen LogP contribution in [0.25, 0.3) is 0 Å².